The number of rotatable bonds is 7. The molecule has 0 spiro atoms. The average molecular weight is 336 g/mol. The zero-order valence-corrected chi connectivity index (χ0v) is 13.4. The standard InChI is InChI=1S/C16H20N2O6/c1-2-5-17-14(19)9-18-15(20)10-24-16(21)11-3-4-12-13(8-11)23-7-6-22-12/h3-4,8H,2,5-7,9-10H2,1H3,(H,17,19)(H,18,20). The Balaban J connectivity index is 1.76. The van der Waals surface area contributed by atoms with Crippen molar-refractivity contribution in [3.63, 3.8) is 0 Å². The summed E-state index contributed by atoms with van der Waals surface area (Å²) < 4.78 is 15.7. The molecule has 8 heteroatoms. The fraction of sp³-hybridized carbons (Fsp3) is 0.438. The van der Waals surface area contributed by atoms with Crippen molar-refractivity contribution in [3.8, 4) is 11.5 Å². The van der Waals surface area contributed by atoms with Gasteiger partial charge in [-0.2, -0.15) is 0 Å². The van der Waals surface area contributed by atoms with Gasteiger partial charge < -0.3 is 24.8 Å². The lowest BCUT2D eigenvalue weighted by Gasteiger charge is -2.18. The normalized spacial score (nSPS) is 12.2. The highest BCUT2D eigenvalue weighted by Crippen LogP contribution is 2.30. The Labute approximate surface area is 139 Å². The van der Waals surface area contributed by atoms with E-state index in [1.807, 2.05) is 6.92 Å². The monoisotopic (exact) mass is 336 g/mol. The summed E-state index contributed by atoms with van der Waals surface area (Å²) in [7, 11) is 0. The molecule has 0 saturated heterocycles. The number of amides is 2. The van der Waals surface area contributed by atoms with Crippen molar-refractivity contribution in [1.82, 2.24) is 10.6 Å². The van der Waals surface area contributed by atoms with Gasteiger partial charge in [-0.25, -0.2) is 4.79 Å². The van der Waals surface area contributed by atoms with Gasteiger partial charge in [0.05, 0.1) is 12.1 Å². The van der Waals surface area contributed by atoms with Gasteiger partial charge >= 0.3 is 5.97 Å². The first-order valence-corrected chi connectivity index (χ1v) is 7.70. The maximum Gasteiger partial charge on any atom is 0.338 e. The summed E-state index contributed by atoms with van der Waals surface area (Å²) in [4.78, 5) is 34.9. The van der Waals surface area contributed by atoms with Gasteiger partial charge in [0.2, 0.25) is 5.91 Å². The van der Waals surface area contributed by atoms with Crippen molar-refractivity contribution in [2.45, 2.75) is 13.3 Å². The van der Waals surface area contributed by atoms with Crippen LogP contribution in [0, 0.1) is 0 Å². The average Bonchev–Trinajstić information content (AvgIpc) is 2.62. The molecule has 1 aliphatic rings. The Hall–Kier alpha value is -2.77. The zero-order chi connectivity index (χ0) is 17.4. The summed E-state index contributed by atoms with van der Waals surface area (Å²) in [6.45, 7) is 2.73. The first-order chi connectivity index (χ1) is 11.6. The lowest BCUT2D eigenvalue weighted by molar-refractivity contribution is -0.127. The van der Waals surface area contributed by atoms with E-state index in [1.54, 1.807) is 6.07 Å². The van der Waals surface area contributed by atoms with Crippen LogP contribution in [0.3, 0.4) is 0 Å². The number of esters is 1. The van der Waals surface area contributed by atoms with Gasteiger partial charge in [-0.05, 0) is 24.6 Å². The highest BCUT2D eigenvalue weighted by atomic mass is 16.6. The van der Waals surface area contributed by atoms with Crippen LogP contribution in [-0.4, -0.2) is 50.7 Å². The molecule has 0 bridgehead atoms. The number of fused-ring (bicyclic) bond motifs is 1. The number of carbonyl (C=O) groups is 3. The van der Waals surface area contributed by atoms with E-state index in [0.29, 0.717) is 31.3 Å². The quantitative estimate of drug-likeness (QED) is 0.692. The van der Waals surface area contributed by atoms with Gasteiger partial charge in [0.25, 0.3) is 5.91 Å². The number of nitrogens with one attached hydrogen (secondary N) is 2. The predicted octanol–water partition coefficient (Wildman–Crippen LogP) is 0.257. The minimum absolute atomic E-state index is 0.152. The van der Waals surface area contributed by atoms with Crippen molar-refractivity contribution < 1.29 is 28.6 Å². The van der Waals surface area contributed by atoms with E-state index in [9.17, 15) is 14.4 Å². The van der Waals surface area contributed by atoms with Crippen LogP contribution in [0.1, 0.15) is 23.7 Å². The summed E-state index contributed by atoms with van der Waals surface area (Å²) in [6.07, 6.45) is 0.812. The minimum atomic E-state index is -0.655. The number of hydrogen-bond acceptors (Lipinski definition) is 6. The molecule has 130 valence electrons. The molecule has 0 aromatic heterocycles. The third-order valence-corrected chi connectivity index (χ3v) is 3.13. The van der Waals surface area contributed by atoms with E-state index in [-0.39, 0.29) is 18.0 Å². The SMILES string of the molecule is CCCNC(=O)CNC(=O)COC(=O)c1ccc2c(c1)OCCO2. The molecule has 1 aromatic rings. The van der Waals surface area contributed by atoms with Crippen molar-refractivity contribution >= 4 is 17.8 Å². The first kappa shape index (κ1) is 17.6. The summed E-state index contributed by atoms with van der Waals surface area (Å²) in [5.41, 5.74) is 0.257. The fourth-order valence-electron chi connectivity index (χ4n) is 1.94. The van der Waals surface area contributed by atoms with Gasteiger partial charge in [0, 0.05) is 6.54 Å². The molecule has 2 rings (SSSR count). The van der Waals surface area contributed by atoms with Crippen molar-refractivity contribution in [1.29, 1.82) is 0 Å². The molecular weight excluding hydrogens is 316 g/mol. The van der Waals surface area contributed by atoms with Gasteiger partial charge in [0.1, 0.15) is 13.2 Å². The highest BCUT2D eigenvalue weighted by molar-refractivity contribution is 5.92. The predicted molar refractivity (Wildman–Crippen MR) is 84.0 cm³/mol. The zero-order valence-electron chi connectivity index (χ0n) is 13.4. The smallest absolute Gasteiger partial charge is 0.338 e. The second-order valence-corrected chi connectivity index (χ2v) is 5.06. The number of benzene rings is 1. The van der Waals surface area contributed by atoms with E-state index in [0.717, 1.165) is 6.42 Å². The van der Waals surface area contributed by atoms with E-state index < -0.39 is 18.5 Å². The van der Waals surface area contributed by atoms with Gasteiger partial charge in [-0.1, -0.05) is 6.92 Å². The van der Waals surface area contributed by atoms with E-state index in [1.165, 1.54) is 12.1 Å². The van der Waals surface area contributed by atoms with Crippen LogP contribution in [0.15, 0.2) is 18.2 Å². The van der Waals surface area contributed by atoms with E-state index in [4.69, 9.17) is 14.2 Å². The molecule has 1 aromatic carbocycles. The van der Waals surface area contributed by atoms with Crippen LogP contribution >= 0.6 is 0 Å². The van der Waals surface area contributed by atoms with Crippen LogP contribution in [0.5, 0.6) is 11.5 Å². The third-order valence-electron chi connectivity index (χ3n) is 3.13. The Morgan fingerprint density at radius 1 is 1.08 bits per heavy atom. The molecule has 8 nitrogen and oxygen atoms in total. The Bertz CT molecular complexity index is 617. The van der Waals surface area contributed by atoms with Crippen molar-refractivity contribution in [2.75, 3.05) is 32.9 Å². The van der Waals surface area contributed by atoms with Crippen LogP contribution in [0.2, 0.25) is 0 Å². The first-order valence-electron chi connectivity index (χ1n) is 7.70. The summed E-state index contributed by atoms with van der Waals surface area (Å²) in [5.74, 6) is -0.463. The van der Waals surface area contributed by atoms with Gasteiger partial charge in [-0.15, -0.1) is 0 Å². The Morgan fingerprint density at radius 3 is 2.58 bits per heavy atom. The second-order valence-electron chi connectivity index (χ2n) is 5.06. The Kier molecular flexibility index (Phi) is 6.41. The van der Waals surface area contributed by atoms with E-state index in [2.05, 4.69) is 10.6 Å². The highest BCUT2D eigenvalue weighted by Gasteiger charge is 2.16. The molecule has 24 heavy (non-hydrogen) atoms. The van der Waals surface area contributed by atoms with Crippen LogP contribution in [0.25, 0.3) is 0 Å². The number of hydrogen-bond donors (Lipinski definition) is 2. The fourth-order valence-corrected chi connectivity index (χ4v) is 1.94. The summed E-state index contributed by atoms with van der Waals surface area (Å²) >= 11 is 0. The summed E-state index contributed by atoms with van der Waals surface area (Å²) in [6, 6.07) is 4.65. The second kappa shape index (κ2) is 8.76. The number of ether oxygens (including phenoxy) is 3. The lowest BCUT2D eigenvalue weighted by Crippen LogP contribution is -2.38. The minimum Gasteiger partial charge on any atom is -0.486 e. The molecule has 2 N–H and O–H groups in total. The maximum atomic E-state index is 11.9. The summed E-state index contributed by atoms with van der Waals surface area (Å²) in [5, 5.41) is 5.00. The van der Waals surface area contributed by atoms with Gasteiger partial charge in [0.15, 0.2) is 18.1 Å². The van der Waals surface area contributed by atoms with E-state index >= 15 is 0 Å². The molecule has 1 aliphatic heterocycles. The maximum absolute atomic E-state index is 11.9. The van der Waals surface area contributed by atoms with Crippen LogP contribution in [-0.2, 0) is 14.3 Å². The molecule has 2 amide bonds. The lowest BCUT2D eigenvalue weighted by atomic mass is 10.2. The molecule has 1 heterocycles. The third kappa shape index (κ3) is 5.15. The number of carbonyl (C=O) groups excluding carboxylic acids is 3. The van der Waals surface area contributed by atoms with Crippen molar-refractivity contribution in [2.24, 2.45) is 0 Å². The largest absolute Gasteiger partial charge is 0.486 e. The van der Waals surface area contributed by atoms with Crippen molar-refractivity contribution in [3.05, 3.63) is 23.8 Å². The van der Waals surface area contributed by atoms with Crippen LogP contribution in [0.4, 0.5) is 0 Å². The molecule has 0 saturated carbocycles. The Morgan fingerprint density at radius 2 is 1.83 bits per heavy atom. The molecular formula is C16H20N2O6. The topological polar surface area (TPSA) is 103 Å². The molecule has 0 radical (unpaired) electrons. The molecule has 0 atom stereocenters. The molecule has 0 aliphatic carbocycles. The van der Waals surface area contributed by atoms with Gasteiger partial charge in [-0.3, -0.25) is 9.59 Å². The molecule has 0 fully saturated rings. The van der Waals surface area contributed by atoms with Crippen LogP contribution < -0.4 is 20.1 Å². The molecule has 0 unspecified atom stereocenters.